The van der Waals surface area contributed by atoms with Crippen molar-refractivity contribution in [3.8, 4) is 5.75 Å². The number of fused-ring (bicyclic) bond motifs is 7. The summed E-state index contributed by atoms with van der Waals surface area (Å²) in [5, 5.41) is 7.62. The maximum Gasteiger partial charge on any atom is 0.359 e. The molecule has 0 radical (unpaired) electrons. The van der Waals surface area contributed by atoms with E-state index in [1.165, 1.54) is 35.2 Å². The minimum absolute atomic E-state index is 0.0600. The van der Waals surface area contributed by atoms with Gasteiger partial charge in [0.2, 0.25) is 0 Å². The highest BCUT2D eigenvalue weighted by atomic mass is 16.5. The molecule has 4 unspecified atom stereocenters. The Morgan fingerprint density at radius 1 is 1.18 bits per heavy atom. The summed E-state index contributed by atoms with van der Waals surface area (Å²) < 4.78 is 11.4. The van der Waals surface area contributed by atoms with Crippen molar-refractivity contribution in [2.75, 3.05) is 6.61 Å². The lowest BCUT2D eigenvalue weighted by atomic mass is 9.55. The van der Waals surface area contributed by atoms with Crippen LogP contribution >= 0.6 is 0 Å². The molecule has 176 valence electrons. The lowest BCUT2D eigenvalue weighted by molar-refractivity contribution is 0.0516. The smallest absolute Gasteiger partial charge is 0.359 e. The molecule has 2 aromatic carbocycles. The minimum Gasteiger partial charge on any atom is -0.489 e. The molecule has 0 bridgehead atoms. The molecule has 0 saturated heterocycles. The van der Waals surface area contributed by atoms with Gasteiger partial charge in [-0.2, -0.15) is 5.10 Å². The number of ether oxygens (including phenoxy) is 2. The molecule has 3 aliphatic carbocycles. The van der Waals surface area contributed by atoms with Crippen molar-refractivity contribution >= 4 is 5.97 Å². The summed E-state index contributed by atoms with van der Waals surface area (Å²) in [5.41, 5.74) is 6.97. The van der Waals surface area contributed by atoms with Crippen LogP contribution in [0.1, 0.15) is 77.5 Å². The van der Waals surface area contributed by atoms with E-state index < -0.39 is 0 Å². The van der Waals surface area contributed by atoms with Crippen LogP contribution in [0.3, 0.4) is 0 Å². The van der Waals surface area contributed by atoms with E-state index in [-0.39, 0.29) is 11.4 Å². The fraction of sp³-hybridized carbons (Fsp3) is 0.448. The van der Waals surface area contributed by atoms with Crippen LogP contribution in [0.15, 0.2) is 48.5 Å². The van der Waals surface area contributed by atoms with Crippen LogP contribution in [0.25, 0.3) is 0 Å². The molecule has 5 nitrogen and oxygen atoms in total. The largest absolute Gasteiger partial charge is 0.489 e. The van der Waals surface area contributed by atoms with Crippen molar-refractivity contribution < 1.29 is 14.3 Å². The second-order valence-electron chi connectivity index (χ2n) is 10.4. The van der Waals surface area contributed by atoms with Gasteiger partial charge in [0.05, 0.1) is 6.61 Å². The standard InChI is InChI=1S/C29H32N2O3/c1-3-33-28(32)26-24-16-25-23-11-9-19-15-20(34-17-18-7-5-4-6-8-18)10-12-21(19)22(23)13-14-29(25,2)27(24)31-30-26/h4-8,10,12,15,22-23,25H,3,9,11,13-14,16-17H2,1-2H3,(H,30,31). The number of hydrogen-bond donors (Lipinski definition) is 1. The van der Waals surface area contributed by atoms with Gasteiger partial charge in [0, 0.05) is 16.7 Å². The first-order valence-corrected chi connectivity index (χ1v) is 12.6. The maximum absolute atomic E-state index is 12.5. The average molecular weight is 457 g/mol. The monoisotopic (exact) mass is 456 g/mol. The Balaban J connectivity index is 1.23. The third-order valence-electron chi connectivity index (χ3n) is 8.67. The lowest BCUT2D eigenvalue weighted by Gasteiger charge is -2.49. The van der Waals surface area contributed by atoms with E-state index >= 15 is 0 Å². The van der Waals surface area contributed by atoms with Crippen molar-refractivity contribution in [2.24, 2.45) is 11.8 Å². The van der Waals surface area contributed by atoms with E-state index in [2.05, 4.69) is 47.5 Å². The third kappa shape index (κ3) is 3.36. The number of aromatic amines is 1. The molecular weight excluding hydrogens is 424 g/mol. The normalized spacial score (nSPS) is 26.7. The highest BCUT2D eigenvalue weighted by molar-refractivity contribution is 5.89. The van der Waals surface area contributed by atoms with E-state index in [9.17, 15) is 4.79 Å². The number of carbonyl (C=O) groups excluding carboxylic acids is 1. The molecule has 0 spiro atoms. The fourth-order valence-electron chi connectivity index (χ4n) is 7.02. The number of nitrogens with zero attached hydrogens (tertiary/aromatic N) is 1. The van der Waals surface area contributed by atoms with E-state index in [1.807, 2.05) is 25.1 Å². The van der Waals surface area contributed by atoms with Crippen LogP contribution < -0.4 is 4.74 Å². The number of hydrogen-bond acceptors (Lipinski definition) is 4. The SMILES string of the molecule is CCOC(=O)c1n[nH]c2c1CC1C3CCc4cc(OCc5ccccc5)ccc4C3CCC21C. The number of benzene rings is 2. The van der Waals surface area contributed by atoms with Gasteiger partial charge in [0.25, 0.3) is 0 Å². The first-order chi connectivity index (χ1) is 16.6. The van der Waals surface area contributed by atoms with Gasteiger partial charge in [-0.15, -0.1) is 0 Å². The van der Waals surface area contributed by atoms with Crippen LogP contribution in [-0.2, 0) is 29.6 Å². The molecule has 1 fully saturated rings. The highest BCUT2D eigenvalue weighted by Gasteiger charge is 2.55. The average Bonchev–Trinajstić information content (AvgIpc) is 3.41. The number of esters is 1. The summed E-state index contributed by atoms with van der Waals surface area (Å²) in [7, 11) is 0. The second-order valence-corrected chi connectivity index (χ2v) is 10.4. The molecule has 34 heavy (non-hydrogen) atoms. The first kappa shape index (κ1) is 21.5. The van der Waals surface area contributed by atoms with Crippen molar-refractivity contribution in [2.45, 2.75) is 63.9 Å². The van der Waals surface area contributed by atoms with Crippen LogP contribution in [-0.4, -0.2) is 22.8 Å². The van der Waals surface area contributed by atoms with Gasteiger partial charge in [0.15, 0.2) is 5.69 Å². The Hall–Kier alpha value is -3.08. The second kappa shape index (κ2) is 8.30. The van der Waals surface area contributed by atoms with E-state index in [4.69, 9.17) is 9.47 Å². The van der Waals surface area contributed by atoms with Crippen LogP contribution in [0.5, 0.6) is 5.75 Å². The molecule has 0 amide bonds. The van der Waals surface area contributed by atoms with Gasteiger partial charge in [-0.25, -0.2) is 4.79 Å². The zero-order valence-electron chi connectivity index (χ0n) is 20.0. The molecule has 3 aliphatic rings. The number of nitrogens with one attached hydrogen (secondary N) is 1. The molecule has 1 N–H and O–H groups in total. The van der Waals surface area contributed by atoms with Crippen LogP contribution in [0.2, 0.25) is 0 Å². The topological polar surface area (TPSA) is 64.2 Å². The molecule has 1 saturated carbocycles. The Morgan fingerprint density at radius 2 is 2.03 bits per heavy atom. The number of aromatic nitrogens is 2. The molecule has 0 aliphatic heterocycles. The number of carbonyl (C=O) groups is 1. The van der Waals surface area contributed by atoms with Crippen LogP contribution in [0, 0.1) is 11.8 Å². The zero-order chi connectivity index (χ0) is 23.3. The predicted molar refractivity (Wildman–Crippen MR) is 130 cm³/mol. The molecule has 5 heteroatoms. The maximum atomic E-state index is 12.5. The summed E-state index contributed by atoms with van der Waals surface area (Å²) in [4.78, 5) is 12.5. The van der Waals surface area contributed by atoms with E-state index in [0.29, 0.717) is 36.7 Å². The lowest BCUT2D eigenvalue weighted by Crippen LogP contribution is -2.43. The summed E-state index contributed by atoms with van der Waals surface area (Å²) in [6.45, 7) is 5.19. The van der Waals surface area contributed by atoms with Gasteiger partial charge < -0.3 is 9.47 Å². The highest BCUT2D eigenvalue weighted by Crippen LogP contribution is 2.60. The number of H-pyrrole nitrogens is 1. The first-order valence-electron chi connectivity index (χ1n) is 12.6. The molecule has 6 rings (SSSR count). The molecule has 3 aromatic rings. The number of aryl methyl sites for hydroxylation is 1. The van der Waals surface area contributed by atoms with Gasteiger partial charge >= 0.3 is 5.97 Å². The molecule has 1 heterocycles. The van der Waals surface area contributed by atoms with E-state index in [0.717, 1.165) is 30.6 Å². The van der Waals surface area contributed by atoms with Gasteiger partial charge in [-0.05, 0) is 85.6 Å². The van der Waals surface area contributed by atoms with Crippen molar-refractivity contribution in [3.05, 3.63) is 82.2 Å². The van der Waals surface area contributed by atoms with Gasteiger partial charge in [0.1, 0.15) is 12.4 Å². The Bertz CT molecular complexity index is 1220. The van der Waals surface area contributed by atoms with E-state index in [1.54, 1.807) is 0 Å². The minimum atomic E-state index is -0.296. The zero-order valence-corrected chi connectivity index (χ0v) is 20.0. The Morgan fingerprint density at radius 3 is 2.85 bits per heavy atom. The van der Waals surface area contributed by atoms with Gasteiger partial charge in [-0.1, -0.05) is 43.3 Å². The number of rotatable bonds is 5. The Kier molecular flexibility index (Phi) is 5.23. The van der Waals surface area contributed by atoms with Crippen molar-refractivity contribution in [3.63, 3.8) is 0 Å². The van der Waals surface area contributed by atoms with Crippen LogP contribution in [0.4, 0.5) is 0 Å². The predicted octanol–water partition coefficient (Wildman–Crippen LogP) is 5.74. The summed E-state index contributed by atoms with van der Waals surface area (Å²) in [6.07, 6.45) is 5.48. The molecule has 1 aromatic heterocycles. The molecular formula is C29H32N2O3. The molecule has 4 atom stereocenters. The summed E-state index contributed by atoms with van der Waals surface area (Å²) >= 11 is 0. The quantitative estimate of drug-likeness (QED) is 0.498. The summed E-state index contributed by atoms with van der Waals surface area (Å²) in [6, 6.07) is 17.1. The van der Waals surface area contributed by atoms with Gasteiger partial charge in [-0.3, -0.25) is 5.10 Å². The van der Waals surface area contributed by atoms with Crippen molar-refractivity contribution in [1.29, 1.82) is 0 Å². The third-order valence-corrected chi connectivity index (χ3v) is 8.67. The Labute approximate surface area is 200 Å². The summed E-state index contributed by atoms with van der Waals surface area (Å²) in [5.74, 6) is 2.40. The fourth-order valence-corrected chi connectivity index (χ4v) is 7.02. The van der Waals surface area contributed by atoms with Crippen molar-refractivity contribution in [1.82, 2.24) is 10.2 Å².